The Hall–Kier alpha value is -0.980. The third-order valence-electron chi connectivity index (χ3n) is 2.69. The van der Waals surface area contributed by atoms with Gasteiger partial charge in [-0.2, -0.15) is 0 Å². The summed E-state index contributed by atoms with van der Waals surface area (Å²) in [5.74, 6) is 0. The number of likely N-dealkylation sites (N-methyl/N-ethyl adjacent to an activating group) is 1. The predicted octanol–water partition coefficient (Wildman–Crippen LogP) is -0.857. The van der Waals surface area contributed by atoms with Crippen LogP contribution >= 0.6 is 0 Å². The molecule has 0 saturated carbocycles. The highest BCUT2D eigenvalue weighted by Crippen LogP contribution is 2.05. The van der Waals surface area contributed by atoms with E-state index in [0.717, 1.165) is 31.9 Å². The van der Waals surface area contributed by atoms with Crippen molar-refractivity contribution in [2.24, 2.45) is 0 Å². The summed E-state index contributed by atoms with van der Waals surface area (Å²) in [6, 6.07) is 0. The van der Waals surface area contributed by atoms with Gasteiger partial charge in [0.15, 0.2) is 0 Å². The molecule has 6 heteroatoms. The Kier molecular flexibility index (Phi) is 3.87. The maximum Gasteiger partial charge on any atom is 0.0898 e. The highest BCUT2D eigenvalue weighted by molar-refractivity contribution is 4.92. The van der Waals surface area contributed by atoms with Crippen molar-refractivity contribution in [2.45, 2.75) is 19.1 Å². The zero-order valence-electron chi connectivity index (χ0n) is 9.54. The molecule has 1 atom stereocenters. The molecule has 0 aromatic carbocycles. The standard InChI is InChI=1S/C10H18N4O2/c1-13-3-5-16-10(7-13)8-14-6-9(2-4-15)11-12-14/h6,10,15H,2-5,7-8H2,1H3. The number of nitrogens with zero attached hydrogens (tertiary/aromatic N) is 4. The van der Waals surface area contributed by atoms with Crippen LogP contribution in [-0.2, 0) is 17.7 Å². The second-order valence-electron chi connectivity index (χ2n) is 4.16. The molecule has 0 bridgehead atoms. The molecule has 90 valence electrons. The molecule has 1 fully saturated rings. The van der Waals surface area contributed by atoms with Crippen LogP contribution in [-0.4, -0.2) is 64.5 Å². The van der Waals surface area contributed by atoms with E-state index in [-0.39, 0.29) is 12.7 Å². The van der Waals surface area contributed by atoms with Crippen molar-refractivity contribution in [1.82, 2.24) is 19.9 Å². The van der Waals surface area contributed by atoms with Gasteiger partial charge >= 0.3 is 0 Å². The van der Waals surface area contributed by atoms with Gasteiger partial charge in [-0.1, -0.05) is 5.21 Å². The normalized spacial score (nSPS) is 22.5. The SMILES string of the molecule is CN1CCOC(Cn2cc(CCO)nn2)C1. The molecule has 0 radical (unpaired) electrons. The zero-order valence-corrected chi connectivity index (χ0v) is 9.54. The molecule has 1 aromatic rings. The van der Waals surface area contributed by atoms with E-state index in [2.05, 4.69) is 22.3 Å². The lowest BCUT2D eigenvalue weighted by atomic mass is 10.3. The van der Waals surface area contributed by atoms with E-state index >= 15 is 0 Å². The van der Waals surface area contributed by atoms with Crippen LogP contribution in [0.4, 0.5) is 0 Å². The number of aromatic nitrogens is 3. The van der Waals surface area contributed by atoms with Gasteiger partial charge in [-0.25, -0.2) is 4.68 Å². The zero-order chi connectivity index (χ0) is 11.4. The topological polar surface area (TPSA) is 63.4 Å². The van der Waals surface area contributed by atoms with Crippen LogP contribution in [0, 0.1) is 0 Å². The first-order valence-electron chi connectivity index (χ1n) is 5.58. The first kappa shape index (κ1) is 11.5. The molecule has 16 heavy (non-hydrogen) atoms. The van der Waals surface area contributed by atoms with E-state index in [4.69, 9.17) is 9.84 Å². The second kappa shape index (κ2) is 5.38. The molecule has 2 heterocycles. The van der Waals surface area contributed by atoms with Crippen molar-refractivity contribution in [3.8, 4) is 0 Å². The summed E-state index contributed by atoms with van der Waals surface area (Å²) in [5.41, 5.74) is 0.826. The molecule has 1 aromatic heterocycles. The Bertz CT molecular complexity index is 328. The fourth-order valence-electron chi connectivity index (χ4n) is 1.84. The predicted molar refractivity (Wildman–Crippen MR) is 58.0 cm³/mol. The molecule has 0 aliphatic carbocycles. The average Bonchev–Trinajstić information content (AvgIpc) is 2.66. The molecule has 0 amide bonds. The van der Waals surface area contributed by atoms with Crippen molar-refractivity contribution in [1.29, 1.82) is 0 Å². The third-order valence-corrected chi connectivity index (χ3v) is 2.69. The maximum atomic E-state index is 8.78. The quantitative estimate of drug-likeness (QED) is 0.724. The van der Waals surface area contributed by atoms with Crippen molar-refractivity contribution >= 4 is 0 Å². The summed E-state index contributed by atoms with van der Waals surface area (Å²) in [6.45, 7) is 3.53. The molecule has 6 nitrogen and oxygen atoms in total. The molecule has 1 aliphatic heterocycles. The van der Waals surface area contributed by atoms with E-state index in [1.165, 1.54) is 0 Å². The fraction of sp³-hybridized carbons (Fsp3) is 0.800. The molecule has 1 saturated heterocycles. The van der Waals surface area contributed by atoms with Crippen LogP contribution in [0.5, 0.6) is 0 Å². The maximum absolute atomic E-state index is 8.78. The highest BCUT2D eigenvalue weighted by atomic mass is 16.5. The molecule has 2 rings (SSSR count). The lowest BCUT2D eigenvalue weighted by Crippen LogP contribution is -2.42. The average molecular weight is 226 g/mol. The number of aliphatic hydroxyl groups excluding tert-OH is 1. The Morgan fingerprint density at radius 1 is 1.62 bits per heavy atom. The number of morpholine rings is 1. The van der Waals surface area contributed by atoms with Gasteiger partial charge in [0.25, 0.3) is 0 Å². The van der Waals surface area contributed by atoms with Crippen molar-refractivity contribution in [2.75, 3.05) is 33.4 Å². The second-order valence-corrected chi connectivity index (χ2v) is 4.16. The Morgan fingerprint density at radius 3 is 3.25 bits per heavy atom. The Labute approximate surface area is 94.8 Å². The first-order chi connectivity index (χ1) is 7.78. The van der Waals surface area contributed by atoms with Gasteiger partial charge in [0, 0.05) is 32.3 Å². The number of rotatable bonds is 4. The van der Waals surface area contributed by atoms with E-state index in [9.17, 15) is 0 Å². The van der Waals surface area contributed by atoms with E-state index in [0.29, 0.717) is 6.42 Å². The van der Waals surface area contributed by atoms with Crippen LogP contribution in [0.2, 0.25) is 0 Å². The number of ether oxygens (including phenoxy) is 1. The molecule has 0 spiro atoms. The monoisotopic (exact) mass is 226 g/mol. The van der Waals surface area contributed by atoms with Gasteiger partial charge in [0.1, 0.15) is 0 Å². The lowest BCUT2D eigenvalue weighted by Gasteiger charge is -2.29. The van der Waals surface area contributed by atoms with E-state index in [1.54, 1.807) is 4.68 Å². The van der Waals surface area contributed by atoms with Gasteiger partial charge in [0.2, 0.25) is 0 Å². The summed E-state index contributed by atoms with van der Waals surface area (Å²) in [6.07, 6.45) is 2.61. The Balaban J connectivity index is 1.87. The van der Waals surface area contributed by atoms with Crippen LogP contribution in [0.1, 0.15) is 5.69 Å². The molecular formula is C10H18N4O2. The molecule has 1 unspecified atom stereocenters. The molecule has 1 N–H and O–H groups in total. The summed E-state index contributed by atoms with van der Waals surface area (Å²) in [5, 5.41) is 16.8. The largest absolute Gasteiger partial charge is 0.396 e. The number of aliphatic hydroxyl groups is 1. The van der Waals surface area contributed by atoms with Gasteiger partial charge < -0.3 is 14.7 Å². The number of hydrogen-bond acceptors (Lipinski definition) is 5. The minimum atomic E-state index is 0.112. The Morgan fingerprint density at radius 2 is 2.50 bits per heavy atom. The molecule has 1 aliphatic rings. The van der Waals surface area contributed by atoms with E-state index < -0.39 is 0 Å². The van der Waals surface area contributed by atoms with Gasteiger partial charge in [-0.15, -0.1) is 5.10 Å². The van der Waals surface area contributed by atoms with Crippen LogP contribution in [0.15, 0.2) is 6.20 Å². The van der Waals surface area contributed by atoms with Gasteiger partial charge in [-0.3, -0.25) is 0 Å². The summed E-state index contributed by atoms with van der Waals surface area (Å²) in [7, 11) is 2.09. The third kappa shape index (κ3) is 3.01. The van der Waals surface area contributed by atoms with Gasteiger partial charge in [0.05, 0.1) is 24.9 Å². The molecular weight excluding hydrogens is 208 g/mol. The van der Waals surface area contributed by atoms with Crippen LogP contribution < -0.4 is 0 Å². The smallest absolute Gasteiger partial charge is 0.0898 e. The number of hydrogen-bond donors (Lipinski definition) is 1. The van der Waals surface area contributed by atoms with Crippen molar-refractivity contribution < 1.29 is 9.84 Å². The highest BCUT2D eigenvalue weighted by Gasteiger charge is 2.18. The van der Waals surface area contributed by atoms with Crippen molar-refractivity contribution in [3.05, 3.63) is 11.9 Å². The summed E-state index contributed by atoms with van der Waals surface area (Å²) in [4.78, 5) is 2.25. The first-order valence-corrected chi connectivity index (χ1v) is 5.58. The van der Waals surface area contributed by atoms with Crippen LogP contribution in [0.25, 0.3) is 0 Å². The summed E-state index contributed by atoms with van der Waals surface area (Å²) < 4.78 is 7.43. The van der Waals surface area contributed by atoms with E-state index in [1.807, 2.05) is 6.20 Å². The lowest BCUT2D eigenvalue weighted by molar-refractivity contribution is -0.0292. The minimum absolute atomic E-state index is 0.112. The van der Waals surface area contributed by atoms with Gasteiger partial charge in [-0.05, 0) is 7.05 Å². The summed E-state index contributed by atoms with van der Waals surface area (Å²) >= 11 is 0. The van der Waals surface area contributed by atoms with Crippen molar-refractivity contribution in [3.63, 3.8) is 0 Å². The fourth-order valence-corrected chi connectivity index (χ4v) is 1.84. The minimum Gasteiger partial charge on any atom is -0.396 e. The van der Waals surface area contributed by atoms with Crippen LogP contribution in [0.3, 0.4) is 0 Å².